The highest BCUT2D eigenvalue weighted by Gasteiger charge is 2.25. The monoisotopic (exact) mass is 240 g/mol. The molecular formula is C9H15F3N2S. The first-order valence-corrected chi connectivity index (χ1v) is 5.96. The van der Waals surface area contributed by atoms with E-state index in [1.807, 2.05) is 0 Å². The van der Waals surface area contributed by atoms with Gasteiger partial charge in [-0.15, -0.1) is 0 Å². The number of halogens is 3. The van der Waals surface area contributed by atoms with E-state index in [0.29, 0.717) is 19.0 Å². The molecule has 0 radical (unpaired) electrons. The first kappa shape index (κ1) is 12.7. The summed E-state index contributed by atoms with van der Waals surface area (Å²) in [6.07, 6.45) is -4.06. The molecule has 88 valence electrons. The zero-order valence-corrected chi connectivity index (χ0v) is 9.42. The van der Waals surface area contributed by atoms with Gasteiger partial charge in [-0.2, -0.15) is 13.2 Å². The fourth-order valence-electron chi connectivity index (χ4n) is 1.21. The number of aliphatic imine (C=N–C) groups is 1. The minimum Gasteiger partial charge on any atom is -0.362 e. The third-order valence-corrected chi connectivity index (χ3v) is 3.15. The molecule has 0 spiro atoms. The van der Waals surface area contributed by atoms with Crippen molar-refractivity contribution in [1.82, 2.24) is 5.32 Å². The van der Waals surface area contributed by atoms with Crippen molar-refractivity contribution in [2.75, 3.05) is 12.3 Å². The van der Waals surface area contributed by atoms with Crippen LogP contribution < -0.4 is 5.32 Å². The van der Waals surface area contributed by atoms with Crippen LogP contribution in [0.4, 0.5) is 13.2 Å². The van der Waals surface area contributed by atoms with Gasteiger partial charge in [0, 0.05) is 24.8 Å². The van der Waals surface area contributed by atoms with Crippen LogP contribution >= 0.6 is 11.8 Å². The van der Waals surface area contributed by atoms with Crippen LogP contribution in [-0.2, 0) is 0 Å². The van der Waals surface area contributed by atoms with Crippen LogP contribution in [0, 0.1) is 0 Å². The fourth-order valence-corrected chi connectivity index (χ4v) is 2.17. The predicted molar refractivity (Wildman–Crippen MR) is 57.3 cm³/mol. The minimum atomic E-state index is -4.03. The molecule has 1 atom stereocenters. The molecule has 1 saturated heterocycles. The van der Waals surface area contributed by atoms with Crippen molar-refractivity contribution in [3.8, 4) is 0 Å². The molecule has 1 rings (SSSR count). The second kappa shape index (κ2) is 5.63. The van der Waals surface area contributed by atoms with Crippen molar-refractivity contribution >= 4 is 16.9 Å². The van der Waals surface area contributed by atoms with Crippen LogP contribution in [0.25, 0.3) is 0 Å². The highest BCUT2D eigenvalue weighted by atomic mass is 32.2. The first-order valence-electron chi connectivity index (χ1n) is 4.98. The summed E-state index contributed by atoms with van der Waals surface area (Å²) in [6.45, 7) is 2.54. The van der Waals surface area contributed by atoms with E-state index in [0.717, 1.165) is 10.9 Å². The summed E-state index contributed by atoms with van der Waals surface area (Å²) in [5, 5.41) is 4.02. The third-order valence-electron chi connectivity index (χ3n) is 1.96. The maximum atomic E-state index is 11.8. The molecule has 0 saturated carbocycles. The Morgan fingerprint density at radius 3 is 2.73 bits per heavy atom. The molecule has 15 heavy (non-hydrogen) atoms. The quantitative estimate of drug-likeness (QED) is 0.764. The lowest BCUT2D eigenvalue weighted by molar-refractivity contribution is -0.135. The van der Waals surface area contributed by atoms with Crippen molar-refractivity contribution in [2.24, 2.45) is 4.99 Å². The average molecular weight is 240 g/mol. The molecule has 0 aromatic rings. The molecular weight excluding hydrogens is 225 g/mol. The number of nitrogens with zero attached hydrogens (tertiary/aromatic N) is 1. The molecule has 1 fully saturated rings. The number of alkyl halides is 3. The smallest absolute Gasteiger partial charge is 0.362 e. The summed E-state index contributed by atoms with van der Waals surface area (Å²) < 4.78 is 35.3. The Hall–Kier alpha value is -0.390. The average Bonchev–Trinajstić information content (AvgIpc) is 2.49. The van der Waals surface area contributed by atoms with Gasteiger partial charge in [0.2, 0.25) is 0 Å². The lowest BCUT2D eigenvalue weighted by atomic mass is 10.2. The molecule has 1 aliphatic heterocycles. The predicted octanol–water partition coefficient (Wildman–Crippen LogP) is 2.80. The Balaban J connectivity index is 2.06. The molecule has 1 unspecified atom stereocenters. The van der Waals surface area contributed by atoms with E-state index in [1.165, 1.54) is 0 Å². The van der Waals surface area contributed by atoms with E-state index in [-0.39, 0.29) is 6.42 Å². The van der Waals surface area contributed by atoms with Gasteiger partial charge in [0.25, 0.3) is 0 Å². The van der Waals surface area contributed by atoms with Crippen LogP contribution in [0.2, 0.25) is 0 Å². The maximum Gasteiger partial charge on any atom is 0.389 e. The normalized spacial score (nSPS) is 24.5. The molecule has 0 aromatic heterocycles. The number of hydrogen-bond acceptors (Lipinski definition) is 2. The van der Waals surface area contributed by atoms with E-state index < -0.39 is 12.6 Å². The number of thioether (sulfide) groups is 1. The van der Waals surface area contributed by atoms with Gasteiger partial charge in [0.1, 0.15) is 0 Å². The highest BCUT2D eigenvalue weighted by molar-refractivity contribution is 8.14. The molecule has 0 bridgehead atoms. The van der Waals surface area contributed by atoms with Crippen LogP contribution in [0.5, 0.6) is 0 Å². The van der Waals surface area contributed by atoms with Gasteiger partial charge >= 0.3 is 6.18 Å². The molecule has 0 aliphatic carbocycles. The summed E-state index contributed by atoms with van der Waals surface area (Å²) in [6, 6.07) is 0.420. The Morgan fingerprint density at radius 2 is 2.20 bits per heavy atom. The number of rotatable bonds is 4. The van der Waals surface area contributed by atoms with Gasteiger partial charge in [-0.1, -0.05) is 11.8 Å². The molecule has 0 aromatic carbocycles. The van der Waals surface area contributed by atoms with Gasteiger partial charge in [-0.05, 0) is 19.8 Å². The molecule has 0 amide bonds. The van der Waals surface area contributed by atoms with Gasteiger partial charge in [0.15, 0.2) is 5.17 Å². The summed E-state index contributed by atoms with van der Waals surface area (Å²) in [7, 11) is 0. The Kier molecular flexibility index (Phi) is 4.76. The van der Waals surface area contributed by atoms with E-state index in [1.54, 1.807) is 11.8 Å². The van der Waals surface area contributed by atoms with Crippen molar-refractivity contribution in [2.45, 2.75) is 38.4 Å². The zero-order chi connectivity index (χ0) is 11.3. The molecule has 1 heterocycles. The van der Waals surface area contributed by atoms with Crippen molar-refractivity contribution in [3.05, 3.63) is 0 Å². The van der Waals surface area contributed by atoms with E-state index in [2.05, 4.69) is 17.2 Å². The first-order chi connectivity index (χ1) is 6.97. The van der Waals surface area contributed by atoms with E-state index in [9.17, 15) is 13.2 Å². The fraction of sp³-hybridized carbons (Fsp3) is 0.889. The third kappa shape index (κ3) is 5.92. The minimum absolute atomic E-state index is 0.167. The largest absolute Gasteiger partial charge is 0.389 e. The summed E-state index contributed by atoms with van der Waals surface area (Å²) >= 11 is 1.63. The SMILES string of the molecule is CC1CSC(=NCCCCC(F)(F)F)N1. The second-order valence-corrected chi connectivity index (χ2v) is 4.62. The molecule has 1 aliphatic rings. The van der Waals surface area contributed by atoms with Crippen LogP contribution in [-0.4, -0.2) is 29.7 Å². The van der Waals surface area contributed by atoms with Crippen molar-refractivity contribution in [1.29, 1.82) is 0 Å². The highest BCUT2D eigenvalue weighted by Crippen LogP contribution is 2.22. The number of hydrogen-bond donors (Lipinski definition) is 1. The van der Waals surface area contributed by atoms with Crippen LogP contribution in [0.3, 0.4) is 0 Å². The zero-order valence-electron chi connectivity index (χ0n) is 8.60. The van der Waals surface area contributed by atoms with Crippen molar-refractivity contribution < 1.29 is 13.2 Å². The van der Waals surface area contributed by atoms with E-state index in [4.69, 9.17) is 0 Å². The molecule has 1 N–H and O–H groups in total. The lowest BCUT2D eigenvalue weighted by Crippen LogP contribution is -2.23. The topological polar surface area (TPSA) is 24.4 Å². The second-order valence-electron chi connectivity index (χ2n) is 3.62. The Bertz CT molecular complexity index is 228. The number of amidine groups is 1. The number of nitrogens with one attached hydrogen (secondary N) is 1. The van der Waals surface area contributed by atoms with Gasteiger partial charge < -0.3 is 5.32 Å². The van der Waals surface area contributed by atoms with Gasteiger partial charge in [-0.25, -0.2) is 0 Å². The van der Waals surface area contributed by atoms with E-state index >= 15 is 0 Å². The molecule has 2 nitrogen and oxygen atoms in total. The Morgan fingerprint density at radius 1 is 1.47 bits per heavy atom. The Labute approximate surface area is 91.7 Å². The number of unbranched alkanes of at least 4 members (excludes halogenated alkanes) is 1. The van der Waals surface area contributed by atoms with Crippen LogP contribution in [0.15, 0.2) is 4.99 Å². The summed E-state index contributed by atoms with van der Waals surface area (Å²) in [4.78, 5) is 4.19. The van der Waals surface area contributed by atoms with Gasteiger partial charge in [0.05, 0.1) is 0 Å². The summed E-state index contributed by atoms with van der Waals surface area (Å²) in [5.74, 6) is 0.987. The molecule has 6 heteroatoms. The standard InChI is InChI=1S/C9H15F3N2S/c1-7-6-15-8(14-7)13-5-3-2-4-9(10,11)12/h7H,2-6H2,1H3,(H,13,14). The maximum absolute atomic E-state index is 11.8. The van der Waals surface area contributed by atoms with Crippen LogP contribution in [0.1, 0.15) is 26.2 Å². The lowest BCUT2D eigenvalue weighted by Gasteiger charge is -2.04. The van der Waals surface area contributed by atoms with Crippen molar-refractivity contribution in [3.63, 3.8) is 0 Å². The van der Waals surface area contributed by atoms with Gasteiger partial charge in [-0.3, -0.25) is 4.99 Å². The summed E-state index contributed by atoms with van der Waals surface area (Å²) in [5.41, 5.74) is 0.